The van der Waals surface area contributed by atoms with Gasteiger partial charge in [0.2, 0.25) is 5.91 Å². The number of carbonyl (C=O) groups is 1. The van der Waals surface area contributed by atoms with Gasteiger partial charge in [0.05, 0.1) is 12.6 Å². The number of halogens is 1. The topological polar surface area (TPSA) is 81.9 Å². The van der Waals surface area contributed by atoms with Crippen LogP contribution < -0.4 is 16.0 Å². The molecule has 7 nitrogen and oxygen atoms in total. The molecule has 158 valence electrons. The normalized spacial score (nSPS) is 18.4. The molecule has 0 radical (unpaired) electrons. The van der Waals surface area contributed by atoms with Gasteiger partial charge in [-0.05, 0) is 64.8 Å². The number of nitrogens with zero attached hydrogens (tertiary/aromatic N) is 2. The fourth-order valence-corrected chi connectivity index (χ4v) is 3.45. The first-order valence-corrected chi connectivity index (χ1v) is 10.3. The van der Waals surface area contributed by atoms with E-state index >= 15 is 0 Å². The van der Waals surface area contributed by atoms with Crippen molar-refractivity contribution in [2.75, 3.05) is 39.3 Å². The van der Waals surface area contributed by atoms with E-state index in [4.69, 9.17) is 9.41 Å². The number of aliphatic imine (C=N–C) groups is 1. The highest BCUT2D eigenvalue weighted by Gasteiger charge is 2.29. The summed E-state index contributed by atoms with van der Waals surface area (Å²) in [5, 5.41) is 9.57. The molecule has 1 saturated carbocycles. The molecule has 3 N–H and O–H groups in total. The van der Waals surface area contributed by atoms with E-state index in [0.29, 0.717) is 19.6 Å². The zero-order chi connectivity index (χ0) is 19.1. The average molecular weight is 503 g/mol. The monoisotopic (exact) mass is 503 g/mol. The number of hydrogen-bond acceptors (Lipinski definition) is 4. The molecule has 1 aromatic heterocycles. The van der Waals surface area contributed by atoms with Crippen LogP contribution in [-0.2, 0) is 4.79 Å². The van der Waals surface area contributed by atoms with Gasteiger partial charge in [-0.25, -0.2) is 0 Å². The lowest BCUT2D eigenvalue weighted by Crippen LogP contribution is -2.42. The number of likely N-dealkylation sites (tertiary alicyclic amines) is 1. The second-order valence-corrected chi connectivity index (χ2v) is 7.42. The Balaban J connectivity index is 0.00000280. The highest BCUT2D eigenvalue weighted by molar-refractivity contribution is 14.0. The lowest BCUT2D eigenvalue weighted by atomic mass is 10.2. The molecule has 0 spiro atoms. The highest BCUT2D eigenvalue weighted by atomic mass is 127. The maximum atomic E-state index is 11.7. The predicted molar refractivity (Wildman–Crippen MR) is 122 cm³/mol. The quantitative estimate of drug-likeness (QED) is 0.209. The van der Waals surface area contributed by atoms with Crippen molar-refractivity contribution in [3.63, 3.8) is 0 Å². The Bertz CT molecular complexity index is 638. The molecule has 2 heterocycles. The number of nitrogens with one attached hydrogen (secondary N) is 3. The SMILES string of the molecule is CCNC(=NCC(c1ccc(C)o1)N1CCCC1)NCCNC(=O)C1CC1.I. The van der Waals surface area contributed by atoms with E-state index < -0.39 is 0 Å². The van der Waals surface area contributed by atoms with Crippen LogP contribution in [0.25, 0.3) is 0 Å². The molecule has 2 aliphatic rings. The molecule has 0 aromatic carbocycles. The van der Waals surface area contributed by atoms with Gasteiger partial charge in [-0.1, -0.05) is 0 Å². The lowest BCUT2D eigenvalue weighted by molar-refractivity contribution is -0.122. The van der Waals surface area contributed by atoms with E-state index in [-0.39, 0.29) is 41.8 Å². The third-order valence-electron chi connectivity index (χ3n) is 5.10. The Labute approximate surface area is 185 Å². The summed E-state index contributed by atoms with van der Waals surface area (Å²) in [5.41, 5.74) is 0. The third kappa shape index (κ3) is 6.95. The molecular weight excluding hydrogens is 469 g/mol. The minimum absolute atomic E-state index is 0. The van der Waals surface area contributed by atoms with Crippen molar-refractivity contribution >= 4 is 35.8 Å². The Morgan fingerprint density at radius 3 is 2.54 bits per heavy atom. The van der Waals surface area contributed by atoms with Gasteiger partial charge in [-0.3, -0.25) is 14.7 Å². The second kappa shape index (κ2) is 11.6. The van der Waals surface area contributed by atoms with Gasteiger partial charge in [0.25, 0.3) is 0 Å². The summed E-state index contributed by atoms with van der Waals surface area (Å²) in [5.74, 6) is 3.15. The molecule has 1 aliphatic heterocycles. The van der Waals surface area contributed by atoms with Crippen molar-refractivity contribution in [3.05, 3.63) is 23.7 Å². The van der Waals surface area contributed by atoms with Crippen molar-refractivity contribution in [2.45, 2.75) is 45.6 Å². The van der Waals surface area contributed by atoms with E-state index in [1.54, 1.807) is 0 Å². The van der Waals surface area contributed by atoms with Gasteiger partial charge < -0.3 is 20.4 Å². The fourth-order valence-electron chi connectivity index (χ4n) is 3.45. The maximum absolute atomic E-state index is 11.7. The molecule has 3 rings (SSSR count). The van der Waals surface area contributed by atoms with E-state index in [2.05, 4.69) is 33.8 Å². The molecule has 2 fully saturated rings. The van der Waals surface area contributed by atoms with Crippen molar-refractivity contribution < 1.29 is 9.21 Å². The summed E-state index contributed by atoms with van der Waals surface area (Å²) < 4.78 is 5.90. The summed E-state index contributed by atoms with van der Waals surface area (Å²) in [6, 6.07) is 4.27. The first kappa shape index (κ1) is 23.0. The van der Waals surface area contributed by atoms with Crippen LogP contribution in [-0.4, -0.2) is 56.0 Å². The summed E-state index contributed by atoms with van der Waals surface area (Å²) >= 11 is 0. The zero-order valence-electron chi connectivity index (χ0n) is 17.0. The lowest BCUT2D eigenvalue weighted by Gasteiger charge is -2.24. The molecule has 28 heavy (non-hydrogen) atoms. The minimum atomic E-state index is 0. The van der Waals surface area contributed by atoms with Crippen molar-refractivity contribution in [1.29, 1.82) is 0 Å². The Morgan fingerprint density at radius 2 is 1.93 bits per heavy atom. The van der Waals surface area contributed by atoms with E-state index in [1.165, 1.54) is 12.8 Å². The molecule has 1 aromatic rings. The van der Waals surface area contributed by atoms with Gasteiger partial charge in [-0.15, -0.1) is 24.0 Å². The third-order valence-corrected chi connectivity index (χ3v) is 5.10. The highest BCUT2D eigenvalue weighted by Crippen LogP contribution is 2.28. The first-order chi connectivity index (χ1) is 13.2. The van der Waals surface area contributed by atoms with Crippen molar-refractivity contribution in [3.8, 4) is 0 Å². The van der Waals surface area contributed by atoms with E-state index in [0.717, 1.165) is 50.0 Å². The first-order valence-electron chi connectivity index (χ1n) is 10.3. The van der Waals surface area contributed by atoms with Crippen LogP contribution in [0.1, 0.15) is 50.2 Å². The molecule has 1 aliphatic carbocycles. The van der Waals surface area contributed by atoms with Crippen LogP contribution in [0.4, 0.5) is 0 Å². The summed E-state index contributed by atoms with van der Waals surface area (Å²) in [6.07, 6.45) is 4.54. The van der Waals surface area contributed by atoms with Crippen molar-refractivity contribution in [1.82, 2.24) is 20.9 Å². The Morgan fingerprint density at radius 1 is 1.21 bits per heavy atom. The molecule has 1 amide bonds. The van der Waals surface area contributed by atoms with Gasteiger partial charge in [0.1, 0.15) is 11.5 Å². The number of rotatable bonds is 9. The van der Waals surface area contributed by atoms with Crippen LogP contribution in [0.3, 0.4) is 0 Å². The average Bonchev–Trinajstić information content (AvgIpc) is 3.21. The maximum Gasteiger partial charge on any atom is 0.223 e. The fraction of sp³-hybridized carbons (Fsp3) is 0.700. The summed E-state index contributed by atoms with van der Waals surface area (Å²) in [7, 11) is 0. The largest absolute Gasteiger partial charge is 0.465 e. The van der Waals surface area contributed by atoms with Gasteiger partial charge >= 0.3 is 0 Å². The Kier molecular flexibility index (Phi) is 9.57. The number of furan rings is 1. The number of hydrogen-bond donors (Lipinski definition) is 3. The number of carbonyl (C=O) groups excluding carboxylic acids is 1. The van der Waals surface area contributed by atoms with Crippen molar-refractivity contribution in [2.24, 2.45) is 10.9 Å². The van der Waals surface area contributed by atoms with Crippen LogP contribution in [0.15, 0.2) is 21.5 Å². The van der Waals surface area contributed by atoms with Gasteiger partial charge in [-0.2, -0.15) is 0 Å². The molecular formula is C20H34IN5O2. The van der Waals surface area contributed by atoms with Crippen LogP contribution in [0, 0.1) is 12.8 Å². The standard InChI is InChI=1S/C20H33N5O2.HI/c1-3-21-20(23-11-10-22-19(26)16-7-8-16)24-14-17(25-12-4-5-13-25)18-9-6-15(2)27-18;/h6,9,16-17H,3-5,7-8,10-14H2,1-2H3,(H,22,26)(H2,21,23,24);1H. The predicted octanol–water partition coefficient (Wildman–Crippen LogP) is 2.42. The van der Waals surface area contributed by atoms with Crippen LogP contribution in [0.2, 0.25) is 0 Å². The van der Waals surface area contributed by atoms with Crippen LogP contribution >= 0.6 is 24.0 Å². The smallest absolute Gasteiger partial charge is 0.223 e. The Hall–Kier alpha value is -1.29. The number of guanidine groups is 1. The summed E-state index contributed by atoms with van der Waals surface area (Å²) in [6.45, 7) is 8.96. The number of amides is 1. The van der Waals surface area contributed by atoms with E-state index in [9.17, 15) is 4.79 Å². The van der Waals surface area contributed by atoms with E-state index in [1.807, 2.05) is 13.0 Å². The van der Waals surface area contributed by atoms with Crippen LogP contribution in [0.5, 0.6) is 0 Å². The molecule has 1 atom stereocenters. The summed E-state index contributed by atoms with van der Waals surface area (Å²) in [4.78, 5) is 18.9. The molecule has 0 bridgehead atoms. The van der Waals surface area contributed by atoms with Gasteiger partial charge in [0.15, 0.2) is 5.96 Å². The molecule has 8 heteroatoms. The zero-order valence-corrected chi connectivity index (χ0v) is 19.3. The van der Waals surface area contributed by atoms with Gasteiger partial charge in [0, 0.05) is 25.6 Å². The minimum Gasteiger partial charge on any atom is -0.465 e. The second-order valence-electron chi connectivity index (χ2n) is 7.42. The molecule has 1 saturated heterocycles. The number of aryl methyl sites for hydroxylation is 1. The molecule has 1 unspecified atom stereocenters.